The molecular formula is C22H24N2O5. The van der Waals surface area contributed by atoms with Crippen molar-refractivity contribution >= 4 is 23.5 Å². The van der Waals surface area contributed by atoms with Gasteiger partial charge in [0.2, 0.25) is 11.8 Å². The van der Waals surface area contributed by atoms with Crippen molar-refractivity contribution in [1.29, 1.82) is 0 Å². The van der Waals surface area contributed by atoms with E-state index in [0.717, 1.165) is 11.1 Å². The van der Waals surface area contributed by atoms with Crippen molar-refractivity contribution in [1.82, 2.24) is 5.32 Å². The minimum atomic E-state index is -0.429. The molecule has 0 aliphatic carbocycles. The molecule has 0 radical (unpaired) electrons. The molecule has 2 amide bonds. The largest absolute Gasteiger partial charge is 0.495 e. The second-order valence-electron chi connectivity index (χ2n) is 6.99. The van der Waals surface area contributed by atoms with Crippen molar-refractivity contribution < 1.29 is 23.9 Å². The first-order valence-electron chi connectivity index (χ1n) is 9.33. The standard InChI is InChI=1S/C22H24N2O5/c1-14-4-9-19(28-2)18(10-14)24-13-17(11-20(24)25)21(26)23-12-15-5-7-16(8-6-15)22(27)29-3/h4-10,17H,11-13H2,1-3H3,(H,23,26)/t17-/m1/s1. The van der Waals surface area contributed by atoms with E-state index in [9.17, 15) is 14.4 Å². The van der Waals surface area contributed by atoms with Crippen molar-refractivity contribution in [3.63, 3.8) is 0 Å². The molecule has 1 aliphatic heterocycles. The number of ether oxygens (including phenoxy) is 2. The third kappa shape index (κ3) is 4.56. The van der Waals surface area contributed by atoms with Crippen molar-refractivity contribution in [3.8, 4) is 5.75 Å². The summed E-state index contributed by atoms with van der Waals surface area (Å²) in [5.41, 5.74) is 3.00. The number of carbonyl (C=O) groups is 3. The van der Waals surface area contributed by atoms with E-state index in [4.69, 9.17) is 4.74 Å². The van der Waals surface area contributed by atoms with E-state index in [2.05, 4.69) is 10.1 Å². The molecule has 0 aromatic heterocycles. The number of benzene rings is 2. The molecule has 7 nitrogen and oxygen atoms in total. The van der Waals surface area contributed by atoms with Gasteiger partial charge in [0.05, 0.1) is 31.4 Å². The SMILES string of the molecule is COC(=O)c1ccc(CNC(=O)[C@@H]2CC(=O)N(c3cc(C)ccc3OC)C2)cc1. The Labute approximate surface area is 169 Å². The molecule has 1 aliphatic rings. The fraction of sp³-hybridized carbons (Fsp3) is 0.318. The number of aryl methyl sites for hydroxylation is 1. The number of carbonyl (C=O) groups excluding carboxylic acids is 3. The monoisotopic (exact) mass is 396 g/mol. The molecule has 1 fully saturated rings. The molecule has 29 heavy (non-hydrogen) atoms. The van der Waals surface area contributed by atoms with Crippen molar-refractivity contribution in [3.05, 3.63) is 59.2 Å². The zero-order chi connectivity index (χ0) is 21.0. The first-order chi connectivity index (χ1) is 13.9. The van der Waals surface area contributed by atoms with Gasteiger partial charge in [0.25, 0.3) is 0 Å². The summed E-state index contributed by atoms with van der Waals surface area (Å²) in [5.74, 6) is -0.504. The molecule has 152 valence electrons. The molecule has 1 atom stereocenters. The Balaban J connectivity index is 1.62. The lowest BCUT2D eigenvalue weighted by Gasteiger charge is -2.20. The number of anilines is 1. The van der Waals surface area contributed by atoms with Crippen LogP contribution >= 0.6 is 0 Å². The normalized spacial score (nSPS) is 15.9. The highest BCUT2D eigenvalue weighted by Crippen LogP contribution is 2.33. The molecule has 2 aromatic carbocycles. The van der Waals surface area contributed by atoms with Crippen LogP contribution < -0.4 is 15.0 Å². The Morgan fingerprint density at radius 1 is 1.14 bits per heavy atom. The summed E-state index contributed by atoms with van der Waals surface area (Å²) in [6.45, 7) is 2.57. The predicted octanol–water partition coefficient (Wildman–Crippen LogP) is 2.46. The maximum absolute atomic E-state index is 12.6. The molecule has 0 bridgehead atoms. The van der Waals surface area contributed by atoms with Gasteiger partial charge in [-0.25, -0.2) is 4.79 Å². The minimum Gasteiger partial charge on any atom is -0.495 e. The van der Waals surface area contributed by atoms with Crippen LogP contribution in [0.3, 0.4) is 0 Å². The Kier molecular flexibility index (Phi) is 6.16. The van der Waals surface area contributed by atoms with Gasteiger partial charge < -0.3 is 19.7 Å². The predicted molar refractivity (Wildman–Crippen MR) is 108 cm³/mol. The molecule has 0 saturated carbocycles. The molecule has 1 saturated heterocycles. The molecular weight excluding hydrogens is 372 g/mol. The van der Waals surface area contributed by atoms with Crippen LogP contribution in [0.15, 0.2) is 42.5 Å². The average molecular weight is 396 g/mol. The van der Waals surface area contributed by atoms with Crippen LogP contribution in [0.5, 0.6) is 5.75 Å². The topological polar surface area (TPSA) is 84.9 Å². The van der Waals surface area contributed by atoms with E-state index >= 15 is 0 Å². The van der Waals surface area contributed by atoms with Gasteiger partial charge in [-0.3, -0.25) is 9.59 Å². The highest BCUT2D eigenvalue weighted by atomic mass is 16.5. The summed E-state index contributed by atoms with van der Waals surface area (Å²) < 4.78 is 10.0. The second-order valence-corrected chi connectivity index (χ2v) is 6.99. The smallest absolute Gasteiger partial charge is 0.337 e. The number of methoxy groups -OCH3 is 2. The first kappa shape index (κ1) is 20.4. The maximum Gasteiger partial charge on any atom is 0.337 e. The van der Waals surface area contributed by atoms with Gasteiger partial charge in [0.15, 0.2) is 0 Å². The summed E-state index contributed by atoms with van der Waals surface area (Å²) in [4.78, 5) is 38.2. The van der Waals surface area contributed by atoms with Crippen molar-refractivity contribution in [2.45, 2.75) is 19.9 Å². The third-order valence-electron chi connectivity index (χ3n) is 4.96. The molecule has 7 heteroatoms. The Hall–Kier alpha value is -3.35. The zero-order valence-electron chi connectivity index (χ0n) is 16.7. The van der Waals surface area contributed by atoms with Crippen LogP contribution in [0.4, 0.5) is 5.69 Å². The van der Waals surface area contributed by atoms with Gasteiger partial charge in [-0.2, -0.15) is 0 Å². The van der Waals surface area contributed by atoms with E-state index in [1.54, 1.807) is 36.3 Å². The fourth-order valence-electron chi connectivity index (χ4n) is 3.34. The molecule has 1 heterocycles. The Morgan fingerprint density at radius 3 is 2.52 bits per heavy atom. The van der Waals surface area contributed by atoms with Crippen LogP contribution in [0.2, 0.25) is 0 Å². The quantitative estimate of drug-likeness (QED) is 0.758. The lowest BCUT2D eigenvalue weighted by atomic mass is 10.1. The number of nitrogens with one attached hydrogen (secondary N) is 1. The summed E-state index contributed by atoms with van der Waals surface area (Å²) in [6, 6.07) is 12.4. The molecule has 0 spiro atoms. The zero-order valence-corrected chi connectivity index (χ0v) is 16.7. The van der Waals surface area contributed by atoms with Gasteiger partial charge in [0.1, 0.15) is 5.75 Å². The molecule has 2 aromatic rings. The minimum absolute atomic E-state index is 0.100. The summed E-state index contributed by atoms with van der Waals surface area (Å²) in [6.07, 6.45) is 0.157. The number of rotatable bonds is 6. The fourth-order valence-corrected chi connectivity index (χ4v) is 3.34. The maximum atomic E-state index is 12.6. The van der Waals surface area contributed by atoms with Crippen molar-refractivity contribution in [2.75, 3.05) is 25.7 Å². The Bertz CT molecular complexity index is 923. The van der Waals surface area contributed by atoms with Gasteiger partial charge in [-0.1, -0.05) is 18.2 Å². The highest BCUT2D eigenvalue weighted by Gasteiger charge is 2.36. The molecule has 0 unspecified atom stereocenters. The van der Waals surface area contributed by atoms with E-state index in [0.29, 0.717) is 30.1 Å². The van der Waals surface area contributed by atoms with E-state index in [1.807, 2.05) is 25.1 Å². The van der Waals surface area contributed by atoms with Crippen LogP contribution in [-0.4, -0.2) is 38.5 Å². The summed E-state index contributed by atoms with van der Waals surface area (Å²) in [7, 11) is 2.89. The number of esters is 1. The van der Waals surface area contributed by atoms with Gasteiger partial charge in [-0.05, 0) is 42.3 Å². The lowest BCUT2D eigenvalue weighted by molar-refractivity contribution is -0.126. The Morgan fingerprint density at radius 2 is 1.86 bits per heavy atom. The van der Waals surface area contributed by atoms with Crippen LogP contribution in [-0.2, 0) is 20.9 Å². The van der Waals surface area contributed by atoms with Crippen LogP contribution in [0.25, 0.3) is 0 Å². The van der Waals surface area contributed by atoms with Crippen LogP contribution in [0.1, 0.15) is 27.9 Å². The third-order valence-corrected chi connectivity index (χ3v) is 4.96. The van der Waals surface area contributed by atoms with Crippen LogP contribution in [0, 0.1) is 12.8 Å². The molecule has 1 N–H and O–H groups in total. The average Bonchev–Trinajstić information content (AvgIpc) is 3.13. The number of hydrogen-bond acceptors (Lipinski definition) is 5. The number of amides is 2. The van der Waals surface area contributed by atoms with E-state index in [1.165, 1.54) is 7.11 Å². The molecule has 3 rings (SSSR count). The lowest BCUT2D eigenvalue weighted by Crippen LogP contribution is -2.32. The van der Waals surface area contributed by atoms with Crippen molar-refractivity contribution in [2.24, 2.45) is 5.92 Å². The van der Waals surface area contributed by atoms with E-state index < -0.39 is 11.9 Å². The van der Waals surface area contributed by atoms with E-state index in [-0.39, 0.29) is 18.2 Å². The van der Waals surface area contributed by atoms with Gasteiger partial charge in [0, 0.05) is 19.5 Å². The van der Waals surface area contributed by atoms with Gasteiger partial charge >= 0.3 is 5.97 Å². The van der Waals surface area contributed by atoms with Gasteiger partial charge in [-0.15, -0.1) is 0 Å². The summed E-state index contributed by atoms with van der Waals surface area (Å²) >= 11 is 0. The number of hydrogen-bond donors (Lipinski definition) is 1. The second kappa shape index (κ2) is 8.77. The summed E-state index contributed by atoms with van der Waals surface area (Å²) in [5, 5.41) is 2.87. The highest BCUT2D eigenvalue weighted by molar-refractivity contribution is 6.01. The first-order valence-corrected chi connectivity index (χ1v) is 9.33. The number of nitrogens with zero attached hydrogens (tertiary/aromatic N) is 1.